The summed E-state index contributed by atoms with van der Waals surface area (Å²) < 4.78 is 0. The van der Waals surface area contributed by atoms with Gasteiger partial charge in [0.25, 0.3) is 0 Å². The Kier molecular flexibility index (Phi) is 1.64. The van der Waals surface area contributed by atoms with Gasteiger partial charge < -0.3 is 21.3 Å². The average Bonchev–Trinajstić information content (AvgIpc) is 2.52. The minimum atomic E-state index is -0.685. The molecule has 0 aromatic rings. The van der Waals surface area contributed by atoms with Crippen LogP contribution < -0.4 is 21.3 Å². The van der Waals surface area contributed by atoms with Gasteiger partial charge in [-0.05, 0) is 12.8 Å². The molecule has 0 atom stereocenters. The van der Waals surface area contributed by atoms with Gasteiger partial charge in [-0.2, -0.15) is 0 Å². The predicted octanol–water partition coefficient (Wildman–Crippen LogP) is -0.175. The summed E-state index contributed by atoms with van der Waals surface area (Å²) in [4.78, 5) is 22.6. The minimum absolute atomic E-state index is 0.249. The molecule has 0 saturated carbocycles. The van der Waals surface area contributed by atoms with Crippen LogP contribution in [0.1, 0.15) is 26.7 Å². The molecule has 2 saturated heterocycles. The SMILES string of the molecule is CCC12NC(=O)NC1(CC)NC(=O)N2. The van der Waals surface area contributed by atoms with Crippen LogP contribution in [-0.2, 0) is 0 Å². The van der Waals surface area contributed by atoms with Crippen LogP contribution in [0.3, 0.4) is 0 Å². The lowest BCUT2D eigenvalue weighted by Crippen LogP contribution is -2.65. The maximum absolute atomic E-state index is 11.3. The van der Waals surface area contributed by atoms with Crippen molar-refractivity contribution in [1.82, 2.24) is 21.3 Å². The molecule has 2 aliphatic heterocycles. The van der Waals surface area contributed by atoms with Crippen LogP contribution >= 0.6 is 0 Å². The maximum atomic E-state index is 11.3. The Morgan fingerprint density at radius 3 is 1.36 bits per heavy atom. The zero-order chi connectivity index (χ0) is 10.4. The number of carbonyl (C=O) groups is 2. The molecule has 0 aliphatic carbocycles. The molecular weight excluding hydrogens is 184 g/mol. The van der Waals surface area contributed by atoms with Crippen molar-refractivity contribution < 1.29 is 9.59 Å². The molecule has 0 radical (unpaired) electrons. The van der Waals surface area contributed by atoms with Crippen molar-refractivity contribution in [3.63, 3.8) is 0 Å². The quantitative estimate of drug-likeness (QED) is 0.496. The summed E-state index contributed by atoms with van der Waals surface area (Å²) in [5.41, 5.74) is -1.37. The first-order chi connectivity index (χ1) is 6.57. The molecule has 78 valence electrons. The van der Waals surface area contributed by atoms with Crippen LogP contribution in [0.2, 0.25) is 0 Å². The van der Waals surface area contributed by atoms with Crippen molar-refractivity contribution in [1.29, 1.82) is 0 Å². The van der Waals surface area contributed by atoms with Gasteiger partial charge in [0.2, 0.25) is 0 Å². The zero-order valence-electron chi connectivity index (χ0n) is 8.23. The summed E-state index contributed by atoms with van der Waals surface area (Å²) in [5, 5.41) is 11.0. The first-order valence-corrected chi connectivity index (χ1v) is 4.78. The second kappa shape index (κ2) is 2.52. The smallest absolute Gasteiger partial charge is 0.311 e. The normalized spacial score (nSPS) is 39.6. The van der Waals surface area contributed by atoms with Crippen LogP contribution in [0.25, 0.3) is 0 Å². The van der Waals surface area contributed by atoms with E-state index in [0.717, 1.165) is 0 Å². The van der Waals surface area contributed by atoms with E-state index in [1.54, 1.807) is 0 Å². The third-order valence-electron chi connectivity index (χ3n) is 3.10. The Hall–Kier alpha value is -1.46. The average molecular weight is 198 g/mol. The van der Waals surface area contributed by atoms with Gasteiger partial charge in [-0.25, -0.2) is 9.59 Å². The first kappa shape index (κ1) is 9.11. The Morgan fingerprint density at radius 1 is 0.857 bits per heavy atom. The van der Waals surface area contributed by atoms with Gasteiger partial charge in [0, 0.05) is 0 Å². The van der Waals surface area contributed by atoms with Crippen molar-refractivity contribution in [2.45, 2.75) is 38.0 Å². The van der Waals surface area contributed by atoms with E-state index < -0.39 is 11.3 Å². The fourth-order valence-electron chi connectivity index (χ4n) is 2.28. The van der Waals surface area contributed by atoms with E-state index in [-0.39, 0.29) is 12.1 Å². The van der Waals surface area contributed by atoms with Crippen molar-refractivity contribution in [3.05, 3.63) is 0 Å². The summed E-state index contributed by atoms with van der Waals surface area (Å²) in [6.07, 6.45) is 1.27. The van der Waals surface area contributed by atoms with E-state index in [9.17, 15) is 9.59 Å². The molecule has 0 aromatic carbocycles. The van der Waals surface area contributed by atoms with Crippen LogP contribution in [-0.4, -0.2) is 23.4 Å². The van der Waals surface area contributed by atoms with Crippen molar-refractivity contribution in [2.24, 2.45) is 0 Å². The summed E-state index contributed by atoms with van der Waals surface area (Å²) in [7, 11) is 0. The van der Waals surface area contributed by atoms with E-state index in [2.05, 4.69) is 21.3 Å². The number of carbonyl (C=O) groups excluding carboxylic acids is 2. The highest BCUT2D eigenvalue weighted by Crippen LogP contribution is 2.32. The highest BCUT2D eigenvalue weighted by atomic mass is 16.2. The van der Waals surface area contributed by atoms with Crippen LogP contribution in [0.5, 0.6) is 0 Å². The number of urea groups is 2. The molecule has 4 amide bonds. The number of hydrogen-bond acceptors (Lipinski definition) is 2. The fourth-order valence-corrected chi connectivity index (χ4v) is 2.28. The van der Waals surface area contributed by atoms with Gasteiger partial charge in [0.15, 0.2) is 11.3 Å². The molecule has 0 bridgehead atoms. The Morgan fingerprint density at radius 2 is 1.14 bits per heavy atom. The molecule has 0 aromatic heterocycles. The third-order valence-corrected chi connectivity index (χ3v) is 3.10. The standard InChI is InChI=1S/C8H14N4O2/c1-3-7-8(4-2,11-5(13)9-7)12-6(14)10-7/h3-4H2,1-2H3,(H2,9,11,13)(H2,10,12,14). The molecule has 4 N–H and O–H groups in total. The number of rotatable bonds is 2. The topological polar surface area (TPSA) is 82.3 Å². The second-order valence-electron chi connectivity index (χ2n) is 3.68. The molecule has 6 heteroatoms. The highest BCUT2D eigenvalue weighted by Gasteiger charge is 2.62. The molecule has 2 heterocycles. The summed E-state index contributed by atoms with van der Waals surface area (Å²) in [6, 6.07) is -0.498. The van der Waals surface area contributed by atoms with Gasteiger partial charge in [0.1, 0.15) is 0 Å². The van der Waals surface area contributed by atoms with Gasteiger partial charge >= 0.3 is 12.1 Å². The lowest BCUT2D eigenvalue weighted by atomic mass is 9.91. The fraction of sp³-hybridized carbons (Fsp3) is 0.750. The largest absolute Gasteiger partial charge is 0.318 e. The van der Waals surface area contributed by atoms with E-state index in [1.807, 2.05) is 13.8 Å². The zero-order valence-corrected chi connectivity index (χ0v) is 8.23. The van der Waals surface area contributed by atoms with E-state index in [4.69, 9.17) is 0 Å². The van der Waals surface area contributed by atoms with Crippen LogP contribution in [0.15, 0.2) is 0 Å². The third kappa shape index (κ3) is 0.853. The van der Waals surface area contributed by atoms with E-state index in [0.29, 0.717) is 12.8 Å². The first-order valence-electron chi connectivity index (χ1n) is 4.78. The molecule has 0 unspecified atom stereocenters. The van der Waals surface area contributed by atoms with Gasteiger partial charge in [-0.1, -0.05) is 13.8 Å². The Balaban J connectivity index is 2.42. The van der Waals surface area contributed by atoms with Crippen molar-refractivity contribution in [2.75, 3.05) is 0 Å². The van der Waals surface area contributed by atoms with E-state index in [1.165, 1.54) is 0 Å². The number of amides is 4. The van der Waals surface area contributed by atoms with E-state index >= 15 is 0 Å². The van der Waals surface area contributed by atoms with Crippen molar-refractivity contribution in [3.8, 4) is 0 Å². The highest BCUT2D eigenvalue weighted by molar-refractivity contribution is 5.87. The van der Waals surface area contributed by atoms with Gasteiger partial charge in [-0.15, -0.1) is 0 Å². The van der Waals surface area contributed by atoms with Crippen LogP contribution in [0, 0.1) is 0 Å². The number of nitrogens with one attached hydrogen (secondary N) is 4. The predicted molar refractivity (Wildman–Crippen MR) is 49.4 cm³/mol. The minimum Gasteiger partial charge on any atom is -0.311 e. The maximum Gasteiger partial charge on any atom is 0.318 e. The van der Waals surface area contributed by atoms with Crippen molar-refractivity contribution >= 4 is 12.1 Å². The number of hydrogen-bond donors (Lipinski definition) is 4. The Bertz CT molecular complexity index is 256. The van der Waals surface area contributed by atoms with Gasteiger partial charge in [0.05, 0.1) is 0 Å². The molecular formula is C8H14N4O2. The molecule has 2 rings (SSSR count). The second-order valence-corrected chi connectivity index (χ2v) is 3.68. The molecule has 2 fully saturated rings. The summed E-state index contributed by atoms with van der Waals surface area (Å²) in [6.45, 7) is 3.84. The monoisotopic (exact) mass is 198 g/mol. The number of fused-ring (bicyclic) bond motifs is 1. The lowest BCUT2D eigenvalue weighted by molar-refractivity contribution is 0.192. The molecule has 6 nitrogen and oxygen atoms in total. The molecule has 2 aliphatic rings. The Labute approximate surface area is 81.8 Å². The summed E-state index contributed by atoms with van der Waals surface area (Å²) >= 11 is 0. The van der Waals surface area contributed by atoms with Gasteiger partial charge in [-0.3, -0.25) is 0 Å². The summed E-state index contributed by atoms with van der Waals surface area (Å²) in [5.74, 6) is 0. The molecule has 14 heavy (non-hydrogen) atoms. The van der Waals surface area contributed by atoms with Crippen LogP contribution in [0.4, 0.5) is 9.59 Å². The molecule has 0 spiro atoms. The lowest BCUT2D eigenvalue weighted by Gasteiger charge is -2.35.